The van der Waals surface area contributed by atoms with Crippen molar-refractivity contribution in [1.82, 2.24) is 15.3 Å². The van der Waals surface area contributed by atoms with Gasteiger partial charge in [-0.3, -0.25) is 0 Å². The normalized spacial score (nSPS) is 19.3. The van der Waals surface area contributed by atoms with Crippen molar-refractivity contribution >= 4 is 11.0 Å². The maximum atomic E-state index is 13.1. The van der Waals surface area contributed by atoms with Crippen LogP contribution >= 0.6 is 0 Å². The van der Waals surface area contributed by atoms with Crippen LogP contribution in [0.4, 0.5) is 4.39 Å². The Balaban J connectivity index is 1.50. The van der Waals surface area contributed by atoms with E-state index in [9.17, 15) is 4.39 Å². The van der Waals surface area contributed by atoms with E-state index in [1.54, 1.807) is 6.07 Å². The van der Waals surface area contributed by atoms with Gasteiger partial charge in [-0.15, -0.1) is 0 Å². The van der Waals surface area contributed by atoms with Gasteiger partial charge in [-0.2, -0.15) is 0 Å². The molecule has 4 nitrogen and oxygen atoms in total. The number of imidazole rings is 1. The SMILES string of the molecule is Fc1ccc2nc(CCCN[C@@H]3CCOC3)[nH]c2c1. The molecule has 19 heavy (non-hydrogen) atoms. The lowest BCUT2D eigenvalue weighted by Crippen LogP contribution is -2.30. The third-order valence-electron chi connectivity index (χ3n) is 3.45. The second kappa shape index (κ2) is 5.67. The van der Waals surface area contributed by atoms with Crippen molar-refractivity contribution in [3.63, 3.8) is 0 Å². The first-order valence-corrected chi connectivity index (χ1v) is 6.76. The Labute approximate surface area is 111 Å². The number of aromatic amines is 1. The number of halogens is 1. The van der Waals surface area contributed by atoms with Gasteiger partial charge in [0.1, 0.15) is 11.6 Å². The number of nitrogens with one attached hydrogen (secondary N) is 2. The molecule has 0 bridgehead atoms. The molecule has 2 N–H and O–H groups in total. The van der Waals surface area contributed by atoms with Crippen molar-refractivity contribution in [1.29, 1.82) is 0 Å². The molecule has 0 aliphatic carbocycles. The van der Waals surface area contributed by atoms with E-state index < -0.39 is 0 Å². The molecule has 5 heteroatoms. The van der Waals surface area contributed by atoms with E-state index in [1.807, 2.05) is 0 Å². The quantitative estimate of drug-likeness (QED) is 0.811. The summed E-state index contributed by atoms with van der Waals surface area (Å²) < 4.78 is 18.4. The number of aryl methyl sites for hydroxylation is 1. The zero-order valence-electron chi connectivity index (χ0n) is 10.8. The fourth-order valence-electron chi connectivity index (χ4n) is 2.41. The van der Waals surface area contributed by atoms with Gasteiger partial charge in [0.2, 0.25) is 0 Å². The van der Waals surface area contributed by atoms with E-state index in [2.05, 4.69) is 15.3 Å². The van der Waals surface area contributed by atoms with Crippen molar-refractivity contribution in [2.24, 2.45) is 0 Å². The van der Waals surface area contributed by atoms with Crippen LogP contribution in [-0.4, -0.2) is 35.8 Å². The fraction of sp³-hybridized carbons (Fsp3) is 0.500. The molecule has 1 aromatic heterocycles. The molecule has 1 aliphatic heterocycles. The molecule has 1 aromatic carbocycles. The molecule has 0 saturated carbocycles. The number of nitrogens with zero attached hydrogens (tertiary/aromatic N) is 1. The second-order valence-electron chi connectivity index (χ2n) is 4.96. The Morgan fingerprint density at radius 3 is 3.26 bits per heavy atom. The highest BCUT2D eigenvalue weighted by Crippen LogP contribution is 2.13. The molecule has 0 radical (unpaired) electrons. The van der Waals surface area contributed by atoms with Crippen LogP contribution < -0.4 is 5.32 Å². The average molecular weight is 263 g/mol. The Morgan fingerprint density at radius 1 is 1.47 bits per heavy atom. The number of fused-ring (bicyclic) bond motifs is 1. The van der Waals surface area contributed by atoms with E-state index >= 15 is 0 Å². The van der Waals surface area contributed by atoms with Crippen LogP contribution in [0.15, 0.2) is 18.2 Å². The number of benzene rings is 1. The van der Waals surface area contributed by atoms with Crippen LogP contribution in [0.2, 0.25) is 0 Å². The first kappa shape index (κ1) is 12.6. The molecule has 1 aliphatic rings. The highest BCUT2D eigenvalue weighted by Gasteiger charge is 2.13. The van der Waals surface area contributed by atoms with Crippen molar-refractivity contribution in [2.45, 2.75) is 25.3 Å². The summed E-state index contributed by atoms with van der Waals surface area (Å²) in [5.41, 5.74) is 1.60. The summed E-state index contributed by atoms with van der Waals surface area (Å²) >= 11 is 0. The van der Waals surface area contributed by atoms with Crippen molar-refractivity contribution in [3.05, 3.63) is 29.8 Å². The fourth-order valence-corrected chi connectivity index (χ4v) is 2.41. The molecule has 3 rings (SSSR count). The van der Waals surface area contributed by atoms with Crippen LogP contribution in [-0.2, 0) is 11.2 Å². The summed E-state index contributed by atoms with van der Waals surface area (Å²) in [7, 11) is 0. The molecule has 1 atom stereocenters. The summed E-state index contributed by atoms with van der Waals surface area (Å²) in [5.74, 6) is 0.690. The van der Waals surface area contributed by atoms with Gasteiger partial charge in [0.05, 0.1) is 17.6 Å². The molecule has 1 saturated heterocycles. The lowest BCUT2D eigenvalue weighted by atomic mass is 10.2. The van der Waals surface area contributed by atoms with Crippen molar-refractivity contribution in [2.75, 3.05) is 19.8 Å². The third kappa shape index (κ3) is 3.11. The Hall–Kier alpha value is -1.46. The summed E-state index contributed by atoms with van der Waals surface area (Å²) in [5, 5.41) is 3.47. The van der Waals surface area contributed by atoms with Crippen LogP contribution in [0, 0.1) is 5.82 Å². The molecule has 2 heterocycles. The molecule has 102 valence electrons. The summed E-state index contributed by atoms with van der Waals surface area (Å²) in [6.07, 6.45) is 2.99. The Bertz CT molecular complexity index is 549. The standard InChI is InChI=1S/C14H18FN3O/c15-10-3-4-12-13(8-10)18-14(17-12)2-1-6-16-11-5-7-19-9-11/h3-4,8,11,16H,1-2,5-7,9H2,(H,17,18)/t11-/m1/s1. The molecule has 0 spiro atoms. The number of hydrogen-bond acceptors (Lipinski definition) is 3. The minimum atomic E-state index is -0.231. The maximum Gasteiger partial charge on any atom is 0.125 e. The first-order valence-electron chi connectivity index (χ1n) is 6.76. The lowest BCUT2D eigenvalue weighted by Gasteiger charge is -2.09. The number of H-pyrrole nitrogens is 1. The van der Waals surface area contributed by atoms with Gasteiger partial charge in [-0.25, -0.2) is 9.37 Å². The Morgan fingerprint density at radius 2 is 2.42 bits per heavy atom. The Kier molecular flexibility index (Phi) is 3.75. The van der Waals surface area contributed by atoms with E-state index in [4.69, 9.17) is 4.74 Å². The van der Waals surface area contributed by atoms with Gasteiger partial charge in [0.15, 0.2) is 0 Å². The highest BCUT2D eigenvalue weighted by molar-refractivity contribution is 5.74. The summed E-state index contributed by atoms with van der Waals surface area (Å²) in [4.78, 5) is 7.61. The molecule has 0 unspecified atom stereocenters. The van der Waals surface area contributed by atoms with Gasteiger partial charge in [0, 0.05) is 19.1 Å². The number of rotatable bonds is 5. The second-order valence-corrected chi connectivity index (χ2v) is 4.96. The van der Waals surface area contributed by atoms with Gasteiger partial charge in [-0.1, -0.05) is 0 Å². The largest absolute Gasteiger partial charge is 0.380 e. The van der Waals surface area contributed by atoms with E-state index in [1.165, 1.54) is 12.1 Å². The van der Waals surface area contributed by atoms with E-state index in [-0.39, 0.29) is 5.82 Å². The van der Waals surface area contributed by atoms with Crippen molar-refractivity contribution in [3.8, 4) is 0 Å². The van der Waals surface area contributed by atoms with Crippen LogP contribution in [0.5, 0.6) is 0 Å². The third-order valence-corrected chi connectivity index (χ3v) is 3.45. The van der Waals surface area contributed by atoms with E-state index in [0.29, 0.717) is 6.04 Å². The zero-order chi connectivity index (χ0) is 13.1. The van der Waals surface area contributed by atoms with Gasteiger partial charge in [0.25, 0.3) is 0 Å². The van der Waals surface area contributed by atoms with Gasteiger partial charge < -0.3 is 15.0 Å². The molecular formula is C14H18FN3O. The van der Waals surface area contributed by atoms with Gasteiger partial charge in [-0.05, 0) is 37.6 Å². The average Bonchev–Trinajstić information content (AvgIpc) is 3.02. The molecule has 2 aromatic rings. The molecular weight excluding hydrogens is 245 g/mol. The number of ether oxygens (including phenoxy) is 1. The molecule has 1 fully saturated rings. The zero-order valence-corrected chi connectivity index (χ0v) is 10.8. The minimum absolute atomic E-state index is 0.231. The summed E-state index contributed by atoms with van der Waals surface area (Å²) in [6.45, 7) is 2.65. The van der Waals surface area contributed by atoms with Crippen molar-refractivity contribution < 1.29 is 9.13 Å². The van der Waals surface area contributed by atoms with Crippen LogP contribution in [0.1, 0.15) is 18.7 Å². The lowest BCUT2D eigenvalue weighted by molar-refractivity contribution is 0.190. The summed E-state index contributed by atoms with van der Waals surface area (Å²) in [6, 6.07) is 5.14. The highest BCUT2D eigenvalue weighted by atomic mass is 19.1. The number of aromatic nitrogens is 2. The molecule has 0 amide bonds. The maximum absolute atomic E-state index is 13.1. The predicted octanol–water partition coefficient (Wildman–Crippen LogP) is 2.01. The number of hydrogen-bond donors (Lipinski definition) is 2. The monoisotopic (exact) mass is 263 g/mol. The van der Waals surface area contributed by atoms with Crippen LogP contribution in [0.25, 0.3) is 11.0 Å². The minimum Gasteiger partial charge on any atom is -0.380 e. The first-order chi connectivity index (χ1) is 9.31. The smallest absolute Gasteiger partial charge is 0.125 e. The predicted molar refractivity (Wildman–Crippen MR) is 71.6 cm³/mol. The topological polar surface area (TPSA) is 49.9 Å². The van der Waals surface area contributed by atoms with E-state index in [0.717, 1.165) is 55.9 Å². The van der Waals surface area contributed by atoms with Crippen LogP contribution in [0.3, 0.4) is 0 Å². The van der Waals surface area contributed by atoms with Gasteiger partial charge >= 0.3 is 0 Å².